The van der Waals surface area contributed by atoms with Gasteiger partial charge in [-0.3, -0.25) is 9.10 Å². The summed E-state index contributed by atoms with van der Waals surface area (Å²) in [5.41, 5.74) is 2.25. The Hall–Kier alpha value is -2.34. The number of sulfonamides is 1. The molecule has 0 aromatic heterocycles. The Morgan fingerprint density at radius 3 is 2.36 bits per heavy atom. The summed E-state index contributed by atoms with van der Waals surface area (Å²) in [7, 11) is -3.71. The van der Waals surface area contributed by atoms with Crippen molar-refractivity contribution in [2.75, 3.05) is 23.9 Å². The molecule has 6 heteroatoms. The van der Waals surface area contributed by atoms with E-state index >= 15 is 0 Å². The van der Waals surface area contributed by atoms with Gasteiger partial charge < -0.3 is 4.90 Å². The van der Waals surface area contributed by atoms with Gasteiger partial charge in [-0.25, -0.2) is 8.42 Å². The smallest absolute Gasteiger partial charge is 0.264 e. The molecule has 0 unspecified atom stereocenters. The number of aryl methyl sites for hydroxylation is 1. The lowest BCUT2D eigenvalue weighted by molar-refractivity contribution is 0.0761. The van der Waals surface area contributed by atoms with E-state index in [4.69, 9.17) is 0 Å². The first-order valence-electron chi connectivity index (χ1n) is 10.1. The molecule has 4 rings (SSSR count). The van der Waals surface area contributed by atoms with Crippen LogP contribution in [-0.2, 0) is 16.4 Å². The SMILES string of the molecule is O=C(c1cccc(S(=O)(=O)N2CCCc3ccccc32)c1)N1CCCCCC1. The third-order valence-electron chi connectivity index (χ3n) is 5.63. The Balaban J connectivity index is 1.65. The molecule has 2 aromatic carbocycles. The number of anilines is 1. The van der Waals surface area contributed by atoms with E-state index in [-0.39, 0.29) is 10.8 Å². The monoisotopic (exact) mass is 398 g/mol. The van der Waals surface area contributed by atoms with Gasteiger partial charge in [0.2, 0.25) is 0 Å². The number of carbonyl (C=O) groups is 1. The number of benzene rings is 2. The lowest BCUT2D eigenvalue weighted by Gasteiger charge is -2.30. The second-order valence-corrected chi connectivity index (χ2v) is 9.41. The second kappa shape index (κ2) is 7.95. The number of carbonyl (C=O) groups excluding carboxylic acids is 1. The molecule has 1 amide bonds. The minimum absolute atomic E-state index is 0.0713. The van der Waals surface area contributed by atoms with E-state index in [1.54, 1.807) is 24.3 Å². The molecule has 0 bridgehead atoms. The Morgan fingerprint density at radius 1 is 0.821 bits per heavy atom. The van der Waals surface area contributed by atoms with Gasteiger partial charge in [0.25, 0.3) is 15.9 Å². The first-order chi connectivity index (χ1) is 13.6. The molecule has 0 aliphatic carbocycles. The highest BCUT2D eigenvalue weighted by atomic mass is 32.2. The molecule has 0 saturated carbocycles. The Morgan fingerprint density at radius 2 is 1.57 bits per heavy atom. The van der Waals surface area contributed by atoms with Crippen LogP contribution < -0.4 is 4.31 Å². The number of para-hydroxylation sites is 1. The third-order valence-corrected chi connectivity index (χ3v) is 7.44. The minimum Gasteiger partial charge on any atom is -0.339 e. The molecule has 148 valence electrons. The predicted octanol–water partition coefficient (Wildman–Crippen LogP) is 3.84. The van der Waals surface area contributed by atoms with Crippen LogP contribution in [0.2, 0.25) is 0 Å². The molecule has 0 N–H and O–H groups in total. The van der Waals surface area contributed by atoms with Crippen molar-refractivity contribution in [1.29, 1.82) is 0 Å². The third kappa shape index (κ3) is 3.65. The van der Waals surface area contributed by atoms with Crippen LogP contribution in [0.4, 0.5) is 5.69 Å². The van der Waals surface area contributed by atoms with E-state index in [0.29, 0.717) is 12.1 Å². The summed E-state index contributed by atoms with van der Waals surface area (Å²) in [4.78, 5) is 15.0. The van der Waals surface area contributed by atoms with Crippen LogP contribution in [0.1, 0.15) is 48.0 Å². The second-order valence-electron chi connectivity index (χ2n) is 7.54. The quantitative estimate of drug-likeness (QED) is 0.789. The van der Waals surface area contributed by atoms with Crippen LogP contribution >= 0.6 is 0 Å². The molecule has 0 atom stereocenters. The van der Waals surface area contributed by atoms with Gasteiger partial charge in [0.1, 0.15) is 0 Å². The zero-order chi connectivity index (χ0) is 19.6. The number of likely N-dealkylation sites (tertiary alicyclic amines) is 1. The molecular weight excluding hydrogens is 372 g/mol. The molecule has 1 saturated heterocycles. The van der Waals surface area contributed by atoms with E-state index < -0.39 is 10.0 Å². The average molecular weight is 399 g/mol. The maximum atomic E-state index is 13.4. The van der Waals surface area contributed by atoms with Gasteiger partial charge in [0, 0.05) is 25.2 Å². The molecule has 5 nitrogen and oxygen atoms in total. The van der Waals surface area contributed by atoms with Crippen LogP contribution in [0.15, 0.2) is 53.4 Å². The van der Waals surface area contributed by atoms with Crippen LogP contribution in [-0.4, -0.2) is 38.9 Å². The molecule has 2 aliphatic rings. The fourth-order valence-corrected chi connectivity index (χ4v) is 5.71. The van der Waals surface area contributed by atoms with E-state index in [9.17, 15) is 13.2 Å². The van der Waals surface area contributed by atoms with Gasteiger partial charge in [-0.05, 0) is 55.5 Å². The average Bonchev–Trinajstić information content (AvgIpc) is 3.02. The van der Waals surface area contributed by atoms with E-state index in [1.165, 1.54) is 4.31 Å². The number of rotatable bonds is 3. The predicted molar refractivity (Wildman–Crippen MR) is 110 cm³/mol. The highest BCUT2D eigenvalue weighted by molar-refractivity contribution is 7.92. The molecule has 2 aliphatic heterocycles. The Bertz CT molecular complexity index is 963. The van der Waals surface area contributed by atoms with E-state index in [0.717, 1.165) is 62.9 Å². The summed E-state index contributed by atoms with van der Waals surface area (Å²) in [6.45, 7) is 1.95. The molecule has 2 aromatic rings. The van der Waals surface area contributed by atoms with Crippen molar-refractivity contribution in [2.24, 2.45) is 0 Å². The van der Waals surface area contributed by atoms with Crippen molar-refractivity contribution in [1.82, 2.24) is 4.90 Å². The maximum Gasteiger partial charge on any atom is 0.264 e. The minimum atomic E-state index is -3.71. The lowest BCUT2D eigenvalue weighted by Crippen LogP contribution is -2.36. The van der Waals surface area contributed by atoms with Gasteiger partial charge in [-0.1, -0.05) is 37.1 Å². The highest BCUT2D eigenvalue weighted by Gasteiger charge is 2.29. The van der Waals surface area contributed by atoms with Crippen molar-refractivity contribution in [3.05, 3.63) is 59.7 Å². The van der Waals surface area contributed by atoms with Crippen LogP contribution in [0.3, 0.4) is 0 Å². The molecule has 1 fully saturated rings. The fraction of sp³-hybridized carbons (Fsp3) is 0.409. The number of fused-ring (bicyclic) bond motifs is 1. The normalized spacial score (nSPS) is 17.7. The van der Waals surface area contributed by atoms with E-state index in [2.05, 4.69) is 0 Å². The number of amides is 1. The van der Waals surface area contributed by atoms with Crippen molar-refractivity contribution in [3.63, 3.8) is 0 Å². The van der Waals surface area contributed by atoms with Crippen molar-refractivity contribution < 1.29 is 13.2 Å². The zero-order valence-corrected chi connectivity index (χ0v) is 16.8. The van der Waals surface area contributed by atoms with Gasteiger partial charge in [0.15, 0.2) is 0 Å². The van der Waals surface area contributed by atoms with Crippen LogP contribution in [0.5, 0.6) is 0 Å². The highest BCUT2D eigenvalue weighted by Crippen LogP contribution is 2.32. The largest absolute Gasteiger partial charge is 0.339 e. The van der Waals surface area contributed by atoms with Gasteiger partial charge >= 0.3 is 0 Å². The first kappa shape index (κ1) is 19.0. The summed E-state index contributed by atoms with van der Waals surface area (Å²) in [5.74, 6) is -0.0713. The van der Waals surface area contributed by atoms with Crippen LogP contribution in [0.25, 0.3) is 0 Å². The van der Waals surface area contributed by atoms with Crippen molar-refractivity contribution in [3.8, 4) is 0 Å². The Labute approximate surface area is 167 Å². The van der Waals surface area contributed by atoms with Crippen molar-refractivity contribution >= 4 is 21.6 Å². The number of hydrogen-bond acceptors (Lipinski definition) is 3. The topological polar surface area (TPSA) is 57.7 Å². The van der Waals surface area contributed by atoms with E-state index in [1.807, 2.05) is 29.2 Å². The molecule has 28 heavy (non-hydrogen) atoms. The summed E-state index contributed by atoms with van der Waals surface area (Å²) in [6.07, 6.45) is 5.99. The Kier molecular flexibility index (Phi) is 5.40. The molecular formula is C22H26N2O3S. The zero-order valence-electron chi connectivity index (χ0n) is 16.0. The fourth-order valence-electron chi connectivity index (χ4n) is 4.12. The standard InChI is InChI=1S/C22H26N2O3S/c25-22(23-14-5-1-2-6-15-23)19-10-7-12-20(17-19)28(26,27)24-16-8-11-18-9-3-4-13-21(18)24/h3-4,7,9-10,12-13,17H,1-2,5-6,8,11,14-16H2. The van der Waals surface area contributed by atoms with Crippen LogP contribution in [0, 0.1) is 0 Å². The maximum absolute atomic E-state index is 13.4. The van der Waals surface area contributed by atoms with Crippen molar-refractivity contribution in [2.45, 2.75) is 43.4 Å². The molecule has 2 heterocycles. The summed E-state index contributed by atoms with van der Waals surface area (Å²) in [6, 6.07) is 14.2. The van der Waals surface area contributed by atoms with Gasteiger partial charge in [-0.2, -0.15) is 0 Å². The lowest BCUT2D eigenvalue weighted by atomic mass is 10.0. The van der Waals surface area contributed by atoms with Gasteiger partial charge in [0.05, 0.1) is 10.6 Å². The first-order valence-corrected chi connectivity index (χ1v) is 11.5. The van der Waals surface area contributed by atoms with Gasteiger partial charge in [-0.15, -0.1) is 0 Å². The number of hydrogen-bond donors (Lipinski definition) is 0. The summed E-state index contributed by atoms with van der Waals surface area (Å²) in [5, 5.41) is 0. The summed E-state index contributed by atoms with van der Waals surface area (Å²) >= 11 is 0. The molecule has 0 spiro atoms. The number of nitrogens with zero attached hydrogens (tertiary/aromatic N) is 2. The molecule has 0 radical (unpaired) electrons. The summed E-state index contributed by atoms with van der Waals surface area (Å²) < 4.78 is 28.2.